The van der Waals surface area contributed by atoms with Gasteiger partial charge in [-0.25, -0.2) is 0 Å². The van der Waals surface area contributed by atoms with Gasteiger partial charge in [-0.05, 0) is 43.9 Å². The molecule has 5 heteroatoms. The fourth-order valence-corrected chi connectivity index (χ4v) is 3.60. The molecule has 3 atom stereocenters. The van der Waals surface area contributed by atoms with Crippen molar-refractivity contribution in [3.05, 3.63) is 0 Å². The Hall–Kier alpha value is -0.680. The summed E-state index contributed by atoms with van der Waals surface area (Å²) in [5.41, 5.74) is 5.18. The quantitative estimate of drug-likeness (QED) is 0.782. The predicted octanol–water partition coefficient (Wildman–Crippen LogP) is 2.01. The summed E-state index contributed by atoms with van der Waals surface area (Å²) in [5, 5.41) is 3.20. The van der Waals surface area contributed by atoms with Gasteiger partial charge in [0.05, 0.1) is 4.99 Å². The van der Waals surface area contributed by atoms with E-state index in [1.165, 1.54) is 6.42 Å². The molecule has 20 heavy (non-hydrogen) atoms. The summed E-state index contributed by atoms with van der Waals surface area (Å²) < 4.78 is 5.35. The second-order valence-corrected chi connectivity index (χ2v) is 6.94. The Balaban J connectivity index is 2.00. The van der Waals surface area contributed by atoms with E-state index in [-0.39, 0.29) is 11.9 Å². The minimum atomic E-state index is -0.695. The minimum Gasteiger partial charge on any atom is -0.392 e. The number of thiocarbonyl (C=S) groups is 1. The molecule has 0 bridgehead atoms. The zero-order valence-electron chi connectivity index (χ0n) is 12.5. The van der Waals surface area contributed by atoms with Crippen molar-refractivity contribution in [2.75, 3.05) is 13.2 Å². The summed E-state index contributed by atoms with van der Waals surface area (Å²) in [4.78, 5) is 13.0. The molecule has 1 saturated carbocycles. The van der Waals surface area contributed by atoms with Gasteiger partial charge in [-0.15, -0.1) is 0 Å². The molecule has 3 unspecified atom stereocenters. The van der Waals surface area contributed by atoms with Crippen LogP contribution in [-0.2, 0) is 9.53 Å². The van der Waals surface area contributed by atoms with Crippen molar-refractivity contribution in [1.82, 2.24) is 5.32 Å². The summed E-state index contributed by atoms with van der Waals surface area (Å²) in [7, 11) is 0. The average molecular weight is 298 g/mol. The molecule has 0 aromatic heterocycles. The molecule has 2 rings (SSSR count). The van der Waals surface area contributed by atoms with E-state index >= 15 is 0 Å². The lowest BCUT2D eigenvalue weighted by Gasteiger charge is -2.38. The SMILES string of the molecule is CC1CCC(NC(=O)C2(C(N)=S)CCOCC2)CC1C. The lowest BCUT2D eigenvalue weighted by Crippen LogP contribution is -2.54. The van der Waals surface area contributed by atoms with Gasteiger partial charge in [0.2, 0.25) is 5.91 Å². The molecule has 1 aliphatic carbocycles. The van der Waals surface area contributed by atoms with Crippen LogP contribution in [0.3, 0.4) is 0 Å². The van der Waals surface area contributed by atoms with Crippen LogP contribution in [0.5, 0.6) is 0 Å². The first-order valence-electron chi connectivity index (χ1n) is 7.64. The van der Waals surface area contributed by atoms with Crippen molar-refractivity contribution in [2.45, 2.75) is 52.0 Å². The van der Waals surface area contributed by atoms with Crippen LogP contribution in [0.1, 0.15) is 46.0 Å². The lowest BCUT2D eigenvalue weighted by atomic mass is 9.76. The highest BCUT2D eigenvalue weighted by atomic mass is 32.1. The Morgan fingerprint density at radius 2 is 1.90 bits per heavy atom. The fourth-order valence-electron chi connectivity index (χ4n) is 3.31. The van der Waals surface area contributed by atoms with E-state index in [1.807, 2.05) is 0 Å². The normalized spacial score (nSPS) is 33.4. The Kier molecular flexibility index (Phi) is 5.02. The molecule has 2 aliphatic rings. The van der Waals surface area contributed by atoms with Crippen LogP contribution in [0, 0.1) is 17.3 Å². The molecule has 3 N–H and O–H groups in total. The number of hydrogen-bond acceptors (Lipinski definition) is 3. The maximum absolute atomic E-state index is 12.7. The van der Waals surface area contributed by atoms with Gasteiger partial charge in [-0.2, -0.15) is 0 Å². The summed E-state index contributed by atoms with van der Waals surface area (Å²) >= 11 is 5.17. The van der Waals surface area contributed by atoms with E-state index in [0.29, 0.717) is 37.0 Å². The molecule has 1 saturated heterocycles. The van der Waals surface area contributed by atoms with Crippen LogP contribution in [0.4, 0.5) is 0 Å². The Labute approximate surface area is 126 Å². The van der Waals surface area contributed by atoms with Gasteiger partial charge in [0.25, 0.3) is 0 Å². The van der Waals surface area contributed by atoms with E-state index in [0.717, 1.165) is 18.8 Å². The van der Waals surface area contributed by atoms with E-state index in [2.05, 4.69) is 19.2 Å². The van der Waals surface area contributed by atoms with Gasteiger partial charge in [-0.1, -0.05) is 26.1 Å². The van der Waals surface area contributed by atoms with Crippen LogP contribution in [0.15, 0.2) is 0 Å². The van der Waals surface area contributed by atoms with Crippen molar-refractivity contribution in [3.8, 4) is 0 Å². The summed E-state index contributed by atoms with van der Waals surface area (Å²) in [6.07, 6.45) is 4.49. The second kappa shape index (κ2) is 6.39. The topological polar surface area (TPSA) is 64.4 Å². The highest BCUT2D eigenvalue weighted by Gasteiger charge is 2.43. The molecule has 2 fully saturated rings. The van der Waals surface area contributed by atoms with Crippen LogP contribution in [0.25, 0.3) is 0 Å². The van der Waals surface area contributed by atoms with Gasteiger partial charge >= 0.3 is 0 Å². The fraction of sp³-hybridized carbons (Fsp3) is 0.867. The molecule has 1 amide bonds. The van der Waals surface area contributed by atoms with Gasteiger partial charge < -0.3 is 15.8 Å². The van der Waals surface area contributed by atoms with Crippen molar-refractivity contribution in [1.29, 1.82) is 0 Å². The average Bonchev–Trinajstić information content (AvgIpc) is 2.43. The monoisotopic (exact) mass is 298 g/mol. The van der Waals surface area contributed by atoms with Crippen molar-refractivity contribution in [3.63, 3.8) is 0 Å². The van der Waals surface area contributed by atoms with Crippen molar-refractivity contribution >= 4 is 23.1 Å². The van der Waals surface area contributed by atoms with Gasteiger partial charge in [-0.3, -0.25) is 4.79 Å². The third-order valence-corrected chi connectivity index (χ3v) is 5.58. The third-order valence-electron chi connectivity index (χ3n) is 5.19. The molecular weight excluding hydrogens is 272 g/mol. The molecule has 1 heterocycles. The maximum Gasteiger partial charge on any atom is 0.233 e. The Morgan fingerprint density at radius 1 is 1.25 bits per heavy atom. The Morgan fingerprint density at radius 3 is 2.45 bits per heavy atom. The first kappa shape index (κ1) is 15.7. The lowest BCUT2D eigenvalue weighted by molar-refractivity contribution is -0.132. The zero-order chi connectivity index (χ0) is 14.8. The number of rotatable bonds is 3. The van der Waals surface area contributed by atoms with Crippen LogP contribution >= 0.6 is 12.2 Å². The van der Waals surface area contributed by atoms with Crippen LogP contribution in [-0.4, -0.2) is 30.2 Å². The van der Waals surface area contributed by atoms with E-state index in [4.69, 9.17) is 22.7 Å². The second-order valence-electron chi connectivity index (χ2n) is 6.50. The minimum absolute atomic E-state index is 0.0139. The molecule has 0 aromatic carbocycles. The largest absolute Gasteiger partial charge is 0.392 e. The van der Waals surface area contributed by atoms with E-state index in [9.17, 15) is 4.79 Å². The number of carbonyl (C=O) groups excluding carboxylic acids is 1. The first-order chi connectivity index (χ1) is 9.45. The predicted molar refractivity (Wildman–Crippen MR) is 83.4 cm³/mol. The standard InChI is InChI=1S/C15H26N2O2S/c1-10-3-4-12(9-11(10)2)17-14(18)15(13(16)20)5-7-19-8-6-15/h10-12H,3-9H2,1-2H3,(H2,16,20)(H,17,18). The Bertz CT molecular complexity index is 380. The summed E-state index contributed by atoms with van der Waals surface area (Å²) in [5.74, 6) is 1.42. The zero-order valence-corrected chi connectivity index (χ0v) is 13.3. The summed E-state index contributed by atoms with van der Waals surface area (Å²) in [6, 6.07) is 0.266. The number of nitrogens with two attached hydrogens (primary N) is 1. The molecule has 0 aromatic rings. The van der Waals surface area contributed by atoms with Crippen molar-refractivity contribution in [2.24, 2.45) is 23.0 Å². The van der Waals surface area contributed by atoms with Gasteiger partial charge in [0.15, 0.2) is 0 Å². The van der Waals surface area contributed by atoms with E-state index in [1.54, 1.807) is 0 Å². The smallest absolute Gasteiger partial charge is 0.233 e. The first-order valence-corrected chi connectivity index (χ1v) is 8.05. The third kappa shape index (κ3) is 3.14. The van der Waals surface area contributed by atoms with Crippen LogP contribution in [0.2, 0.25) is 0 Å². The van der Waals surface area contributed by atoms with Gasteiger partial charge in [0.1, 0.15) is 5.41 Å². The maximum atomic E-state index is 12.7. The number of amides is 1. The number of hydrogen-bond donors (Lipinski definition) is 2. The van der Waals surface area contributed by atoms with E-state index < -0.39 is 5.41 Å². The van der Waals surface area contributed by atoms with Gasteiger partial charge in [0, 0.05) is 19.3 Å². The molecule has 0 radical (unpaired) electrons. The molecular formula is C15H26N2O2S. The van der Waals surface area contributed by atoms with Crippen molar-refractivity contribution < 1.29 is 9.53 Å². The molecule has 0 spiro atoms. The van der Waals surface area contributed by atoms with Crippen LogP contribution < -0.4 is 11.1 Å². The molecule has 114 valence electrons. The highest BCUT2D eigenvalue weighted by Crippen LogP contribution is 2.33. The molecule has 4 nitrogen and oxygen atoms in total. The highest BCUT2D eigenvalue weighted by molar-refractivity contribution is 7.80. The number of nitrogens with one attached hydrogen (secondary N) is 1. The number of ether oxygens (including phenoxy) is 1. The summed E-state index contributed by atoms with van der Waals surface area (Å²) in [6.45, 7) is 5.67. The molecule has 1 aliphatic heterocycles. The number of carbonyl (C=O) groups is 1.